The molecule has 6 heteroatoms. The molecule has 0 bridgehead atoms. The third-order valence-corrected chi connectivity index (χ3v) is 7.56. The molecular formula is C30H23N3O2S. The van der Waals surface area contributed by atoms with Crippen molar-refractivity contribution >= 4 is 51.5 Å². The van der Waals surface area contributed by atoms with E-state index in [1.54, 1.807) is 0 Å². The predicted octanol–water partition coefficient (Wildman–Crippen LogP) is 6.14. The van der Waals surface area contributed by atoms with E-state index in [-0.39, 0.29) is 23.7 Å². The Morgan fingerprint density at radius 1 is 0.778 bits per heavy atom. The Balaban J connectivity index is 1.32. The summed E-state index contributed by atoms with van der Waals surface area (Å²) in [5, 5.41) is 3.31. The number of fused-ring (bicyclic) bond motifs is 3. The molecule has 1 atom stereocenters. The summed E-state index contributed by atoms with van der Waals surface area (Å²) in [6.07, 6.45) is 1.88. The Bertz CT molecular complexity index is 1560. The van der Waals surface area contributed by atoms with Crippen LogP contribution >= 0.6 is 11.8 Å². The largest absolute Gasteiger partial charge is 0.331 e. The zero-order valence-corrected chi connectivity index (χ0v) is 20.2. The van der Waals surface area contributed by atoms with Gasteiger partial charge in [-0.1, -0.05) is 109 Å². The van der Waals surface area contributed by atoms with Gasteiger partial charge in [-0.3, -0.25) is 15.0 Å². The number of aromatic nitrogens is 1. The van der Waals surface area contributed by atoms with Crippen molar-refractivity contribution < 1.29 is 9.59 Å². The smallest absolute Gasteiger partial charge is 0.280 e. The van der Waals surface area contributed by atoms with Crippen LogP contribution < -0.4 is 5.43 Å². The van der Waals surface area contributed by atoms with E-state index in [1.807, 2.05) is 108 Å². The van der Waals surface area contributed by atoms with Gasteiger partial charge in [-0.05, 0) is 29.3 Å². The average Bonchev–Trinajstić information content (AvgIpc) is 3.40. The molecule has 1 aliphatic rings. The van der Waals surface area contributed by atoms with Crippen molar-refractivity contribution in [2.75, 3.05) is 0 Å². The molecule has 1 unspecified atom stereocenters. The number of rotatable bonds is 5. The number of nitrogens with zero attached hydrogens (tertiary/aromatic N) is 2. The van der Waals surface area contributed by atoms with E-state index in [9.17, 15) is 9.59 Å². The summed E-state index contributed by atoms with van der Waals surface area (Å²) in [5.74, 6) is -0.467. The lowest BCUT2D eigenvalue weighted by Gasteiger charge is -2.24. The standard InChI is InChI=1S/C30H23N3O2S/c34-28(20-32-25-17-9-7-15-23(25)24-16-8-10-18-26(24)32)31-33-29(35)27(19-21-11-3-1-4-12-21)36-30(33)22-13-5-2-6-14-22/h1-19,30H,20H2,(H,31,34)/b27-19+. The fraction of sp³-hybridized carbons (Fsp3) is 0.0667. The number of thioether (sulfide) groups is 1. The van der Waals surface area contributed by atoms with Crippen LogP contribution in [0.25, 0.3) is 27.9 Å². The molecule has 176 valence electrons. The lowest BCUT2D eigenvalue weighted by Crippen LogP contribution is -2.45. The molecule has 1 saturated heterocycles. The number of nitrogens with one attached hydrogen (secondary N) is 1. The van der Waals surface area contributed by atoms with Crippen molar-refractivity contribution in [2.24, 2.45) is 0 Å². The van der Waals surface area contributed by atoms with Gasteiger partial charge in [0, 0.05) is 21.8 Å². The normalized spacial score (nSPS) is 16.8. The van der Waals surface area contributed by atoms with Gasteiger partial charge >= 0.3 is 0 Å². The van der Waals surface area contributed by atoms with Gasteiger partial charge in [0.15, 0.2) is 0 Å². The van der Waals surface area contributed by atoms with Crippen LogP contribution in [-0.2, 0) is 16.1 Å². The fourth-order valence-corrected chi connectivity index (χ4v) is 5.87. The monoisotopic (exact) mass is 489 g/mol. The molecule has 0 aliphatic carbocycles. The van der Waals surface area contributed by atoms with E-state index in [0.717, 1.165) is 32.9 Å². The third-order valence-electron chi connectivity index (χ3n) is 6.31. The number of para-hydroxylation sites is 2. The highest BCUT2D eigenvalue weighted by molar-refractivity contribution is 8.04. The Labute approximate surface area is 213 Å². The van der Waals surface area contributed by atoms with Gasteiger partial charge in [0.2, 0.25) is 0 Å². The first-order chi connectivity index (χ1) is 17.7. The Hall–Kier alpha value is -4.29. The first-order valence-corrected chi connectivity index (χ1v) is 12.6. The van der Waals surface area contributed by atoms with E-state index in [0.29, 0.717) is 4.91 Å². The van der Waals surface area contributed by atoms with Gasteiger partial charge in [0.05, 0.1) is 4.91 Å². The van der Waals surface area contributed by atoms with E-state index in [4.69, 9.17) is 0 Å². The quantitative estimate of drug-likeness (QED) is 0.302. The molecule has 0 spiro atoms. The Morgan fingerprint density at radius 3 is 1.97 bits per heavy atom. The summed E-state index contributed by atoms with van der Waals surface area (Å²) in [6.45, 7) is 0.0989. The molecule has 0 radical (unpaired) electrons. The first kappa shape index (κ1) is 22.2. The maximum atomic E-state index is 13.5. The minimum absolute atomic E-state index is 0.0989. The summed E-state index contributed by atoms with van der Waals surface area (Å²) in [4.78, 5) is 27.4. The lowest BCUT2D eigenvalue weighted by atomic mass is 10.2. The maximum Gasteiger partial charge on any atom is 0.280 e. The van der Waals surface area contributed by atoms with Crippen molar-refractivity contribution in [1.29, 1.82) is 0 Å². The van der Waals surface area contributed by atoms with Crippen LogP contribution in [0, 0.1) is 0 Å². The molecule has 1 aliphatic heterocycles. The van der Waals surface area contributed by atoms with Gasteiger partial charge in [0.1, 0.15) is 11.9 Å². The zero-order chi connectivity index (χ0) is 24.5. The molecule has 2 amide bonds. The molecule has 2 heterocycles. The first-order valence-electron chi connectivity index (χ1n) is 11.8. The molecular weight excluding hydrogens is 466 g/mol. The number of carbonyl (C=O) groups excluding carboxylic acids is 2. The molecule has 1 fully saturated rings. The fourth-order valence-electron chi connectivity index (χ4n) is 4.68. The number of benzene rings is 4. The molecule has 6 rings (SSSR count). The summed E-state index contributed by atoms with van der Waals surface area (Å²) in [5.41, 5.74) is 6.79. The molecule has 5 aromatic rings. The van der Waals surface area contributed by atoms with Crippen LogP contribution in [0.2, 0.25) is 0 Å². The Morgan fingerprint density at radius 2 is 1.33 bits per heavy atom. The van der Waals surface area contributed by atoms with Crippen LogP contribution in [0.3, 0.4) is 0 Å². The minimum atomic E-state index is -0.351. The van der Waals surface area contributed by atoms with Crippen LogP contribution in [-0.4, -0.2) is 21.4 Å². The number of hydrogen-bond donors (Lipinski definition) is 1. The van der Waals surface area contributed by atoms with Crippen LogP contribution in [0.5, 0.6) is 0 Å². The van der Waals surface area contributed by atoms with Crippen LogP contribution in [0.4, 0.5) is 0 Å². The second-order valence-corrected chi connectivity index (χ2v) is 9.75. The van der Waals surface area contributed by atoms with Crippen LogP contribution in [0.1, 0.15) is 16.5 Å². The predicted molar refractivity (Wildman–Crippen MR) is 146 cm³/mol. The van der Waals surface area contributed by atoms with Gasteiger partial charge in [0.25, 0.3) is 11.8 Å². The summed E-state index contributed by atoms with van der Waals surface area (Å²) in [7, 11) is 0. The molecule has 1 aromatic heterocycles. The van der Waals surface area contributed by atoms with Gasteiger partial charge in [-0.25, -0.2) is 5.01 Å². The summed E-state index contributed by atoms with van der Waals surface area (Å²) in [6, 6.07) is 35.7. The number of carbonyl (C=O) groups is 2. The summed E-state index contributed by atoms with van der Waals surface area (Å²) < 4.78 is 2.01. The van der Waals surface area contributed by atoms with E-state index in [2.05, 4.69) is 17.6 Å². The molecule has 0 saturated carbocycles. The van der Waals surface area contributed by atoms with Gasteiger partial charge in [-0.2, -0.15) is 0 Å². The minimum Gasteiger partial charge on any atom is -0.331 e. The number of hydrogen-bond acceptors (Lipinski definition) is 3. The van der Waals surface area contributed by atoms with E-state index >= 15 is 0 Å². The molecule has 4 aromatic carbocycles. The molecule has 5 nitrogen and oxygen atoms in total. The SMILES string of the molecule is O=C(Cn1c2ccccc2c2ccccc21)NN1C(=O)/C(=C\c2ccccc2)SC1c1ccccc1. The summed E-state index contributed by atoms with van der Waals surface area (Å²) >= 11 is 1.45. The average molecular weight is 490 g/mol. The zero-order valence-electron chi connectivity index (χ0n) is 19.4. The number of hydrazine groups is 1. The van der Waals surface area contributed by atoms with Gasteiger partial charge < -0.3 is 4.57 Å². The number of amides is 2. The topological polar surface area (TPSA) is 54.3 Å². The van der Waals surface area contributed by atoms with Crippen molar-refractivity contribution in [3.05, 3.63) is 125 Å². The maximum absolute atomic E-state index is 13.5. The van der Waals surface area contributed by atoms with Crippen molar-refractivity contribution in [3.8, 4) is 0 Å². The second kappa shape index (κ2) is 9.40. The highest BCUT2D eigenvalue weighted by atomic mass is 32.2. The van der Waals surface area contributed by atoms with Crippen LogP contribution in [0.15, 0.2) is 114 Å². The van der Waals surface area contributed by atoms with E-state index in [1.165, 1.54) is 16.8 Å². The second-order valence-electron chi connectivity index (χ2n) is 8.63. The van der Waals surface area contributed by atoms with Crippen molar-refractivity contribution in [2.45, 2.75) is 11.9 Å². The van der Waals surface area contributed by atoms with Crippen molar-refractivity contribution in [1.82, 2.24) is 15.0 Å². The third kappa shape index (κ3) is 4.06. The lowest BCUT2D eigenvalue weighted by molar-refractivity contribution is -0.138. The highest BCUT2D eigenvalue weighted by Gasteiger charge is 2.38. The highest BCUT2D eigenvalue weighted by Crippen LogP contribution is 2.45. The van der Waals surface area contributed by atoms with Gasteiger partial charge in [-0.15, -0.1) is 0 Å². The molecule has 1 N–H and O–H groups in total. The van der Waals surface area contributed by atoms with E-state index < -0.39 is 0 Å². The molecule has 36 heavy (non-hydrogen) atoms. The Kier molecular flexibility index (Phi) is 5.79. The van der Waals surface area contributed by atoms with Crippen molar-refractivity contribution in [3.63, 3.8) is 0 Å².